The first kappa shape index (κ1) is 12.4. The second kappa shape index (κ2) is 6.03. The van der Waals surface area contributed by atoms with Crippen molar-refractivity contribution < 1.29 is 0 Å². The Bertz CT molecular complexity index is 343. The molecule has 1 fully saturated rings. The van der Waals surface area contributed by atoms with Gasteiger partial charge in [-0.05, 0) is 30.7 Å². The van der Waals surface area contributed by atoms with E-state index in [9.17, 15) is 0 Å². The highest BCUT2D eigenvalue weighted by Gasteiger charge is 2.14. The summed E-state index contributed by atoms with van der Waals surface area (Å²) in [5.74, 6) is 0. The number of nitrogen functional groups attached to an aromatic ring is 1. The van der Waals surface area contributed by atoms with Gasteiger partial charge in [0.1, 0.15) is 0 Å². The molecular weight excluding hydrogens is 210 g/mol. The highest BCUT2D eigenvalue weighted by Crippen LogP contribution is 2.09. The molecule has 1 aliphatic heterocycles. The Labute approximate surface area is 104 Å². The predicted octanol–water partition coefficient (Wildman–Crippen LogP) is 1.45. The molecule has 0 amide bonds. The first-order valence-electron chi connectivity index (χ1n) is 6.57. The maximum atomic E-state index is 5.78. The van der Waals surface area contributed by atoms with Crippen LogP contribution in [0.15, 0.2) is 24.3 Å². The maximum Gasteiger partial charge on any atom is 0.0316 e. The van der Waals surface area contributed by atoms with Crippen LogP contribution in [0, 0.1) is 0 Å². The quantitative estimate of drug-likeness (QED) is 0.799. The monoisotopic (exact) mass is 233 g/mol. The van der Waals surface area contributed by atoms with Gasteiger partial charge in [-0.1, -0.05) is 19.1 Å². The molecule has 2 rings (SSSR count). The molecule has 0 radical (unpaired) electrons. The normalized spacial score (nSPS) is 18.4. The van der Waals surface area contributed by atoms with Crippen molar-refractivity contribution in [3.63, 3.8) is 0 Å². The molecule has 0 aliphatic carbocycles. The van der Waals surface area contributed by atoms with Crippen molar-refractivity contribution in [2.24, 2.45) is 0 Å². The summed E-state index contributed by atoms with van der Waals surface area (Å²) in [5, 5.41) is 0. The van der Waals surface area contributed by atoms with Gasteiger partial charge >= 0.3 is 0 Å². The number of likely N-dealkylation sites (N-methyl/N-ethyl adjacent to an activating group) is 1. The van der Waals surface area contributed by atoms with E-state index in [0.717, 1.165) is 18.7 Å². The van der Waals surface area contributed by atoms with E-state index in [0.29, 0.717) is 0 Å². The first-order chi connectivity index (χ1) is 8.28. The number of piperazine rings is 1. The van der Waals surface area contributed by atoms with Gasteiger partial charge in [-0.25, -0.2) is 0 Å². The van der Waals surface area contributed by atoms with Gasteiger partial charge in [0.05, 0.1) is 0 Å². The zero-order valence-corrected chi connectivity index (χ0v) is 10.7. The van der Waals surface area contributed by atoms with Crippen LogP contribution in [0.25, 0.3) is 0 Å². The van der Waals surface area contributed by atoms with Crippen molar-refractivity contribution >= 4 is 5.69 Å². The van der Waals surface area contributed by atoms with Crippen LogP contribution in [0.4, 0.5) is 5.69 Å². The Kier molecular flexibility index (Phi) is 4.40. The largest absolute Gasteiger partial charge is 0.399 e. The molecule has 2 N–H and O–H groups in total. The van der Waals surface area contributed by atoms with E-state index in [-0.39, 0.29) is 0 Å². The van der Waals surface area contributed by atoms with E-state index < -0.39 is 0 Å². The lowest BCUT2D eigenvalue weighted by Gasteiger charge is -2.34. The van der Waals surface area contributed by atoms with Crippen molar-refractivity contribution in [3.05, 3.63) is 29.8 Å². The summed E-state index contributed by atoms with van der Waals surface area (Å²) < 4.78 is 0. The Morgan fingerprint density at radius 1 is 1.12 bits per heavy atom. The van der Waals surface area contributed by atoms with E-state index in [1.807, 2.05) is 12.1 Å². The zero-order valence-electron chi connectivity index (χ0n) is 10.7. The van der Waals surface area contributed by atoms with Crippen molar-refractivity contribution in [2.75, 3.05) is 45.0 Å². The van der Waals surface area contributed by atoms with Gasteiger partial charge < -0.3 is 15.5 Å². The van der Waals surface area contributed by atoms with Gasteiger partial charge in [-0.15, -0.1) is 0 Å². The lowest BCUT2D eigenvalue weighted by Crippen LogP contribution is -2.46. The summed E-state index contributed by atoms with van der Waals surface area (Å²) in [7, 11) is 0. The maximum absolute atomic E-state index is 5.78. The third kappa shape index (κ3) is 3.72. The van der Waals surface area contributed by atoms with E-state index in [2.05, 4.69) is 28.9 Å². The SMILES string of the molecule is CCN1CCN(CCc2cccc(N)c2)CC1. The van der Waals surface area contributed by atoms with Crippen molar-refractivity contribution in [2.45, 2.75) is 13.3 Å². The number of anilines is 1. The molecule has 0 unspecified atom stereocenters. The summed E-state index contributed by atoms with van der Waals surface area (Å²) in [5.41, 5.74) is 8.01. The molecule has 3 nitrogen and oxygen atoms in total. The fraction of sp³-hybridized carbons (Fsp3) is 0.571. The van der Waals surface area contributed by atoms with Crippen LogP contribution < -0.4 is 5.73 Å². The van der Waals surface area contributed by atoms with Crippen LogP contribution >= 0.6 is 0 Å². The lowest BCUT2D eigenvalue weighted by atomic mass is 10.1. The van der Waals surface area contributed by atoms with Crippen LogP contribution in [-0.4, -0.2) is 49.1 Å². The average molecular weight is 233 g/mol. The summed E-state index contributed by atoms with van der Waals surface area (Å²) >= 11 is 0. The van der Waals surface area contributed by atoms with Crippen LogP contribution in [0.3, 0.4) is 0 Å². The number of rotatable bonds is 4. The molecule has 94 valence electrons. The summed E-state index contributed by atoms with van der Waals surface area (Å²) in [4.78, 5) is 5.06. The fourth-order valence-electron chi connectivity index (χ4n) is 2.36. The van der Waals surface area contributed by atoms with Gasteiger partial charge in [0.25, 0.3) is 0 Å². The van der Waals surface area contributed by atoms with Crippen molar-refractivity contribution in [3.8, 4) is 0 Å². The van der Waals surface area contributed by atoms with Crippen LogP contribution in [0.5, 0.6) is 0 Å². The van der Waals surface area contributed by atoms with E-state index in [1.165, 1.54) is 38.3 Å². The number of nitrogens with two attached hydrogens (primary N) is 1. The van der Waals surface area contributed by atoms with Crippen LogP contribution in [0.2, 0.25) is 0 Å². The molecule has 0 spiro atoms. The molecule has 0 bridgehead atoms. The molecule has 1 aromatic carbocycles. The van der Waals surface area contributed by atoms with E-state index >= 15 is 0 Å². The molecule has 1 aromatic rings. The lowest BCUT2D eigenvalue weighted by molar-refractivity contribution is 0.138. The highest BCUT2D eigenvalue weighted by molar-refractivity contribution is 5.40. The molecule has 0 aromatic heterocycles. The first-order valence-corrected chi connectivity index (χ1v) is 6.57. The third-order valence-electron chi connectivity index (χ3n) is 3.58. The molecule has 0 atom stereocenters. The standard InChI is InChI=1S/C14H23N3/c1-2-16-8-10-17(11-9-16)7-6-13-4-3-5-14(15)12-13/h3-5,12H,2,6-11,15H2,1H3. The topological polar surface area (TPSA) is 32.5 Å². The molecular formula is C14H23N3. The van der Waals surface area contributed by atoms with Crippen molar-refractivity contribution in [1.29, 1.82) is 0 Å². The number of hydrogen-bond donors (Lipinski definition) is 1. The zero-order chi connectivity index (χ0) is 12.1. The predicted molar refractivity (Wildman–Crippen MR) is 73.1 cm³/mol. The molecule has 1 aliphatic rings. The van der Waals surface area contributed by atoms with Gasteiger partial charge in [-0.2, -0.15) is 0 Å². The summed E-state index contributed by atoms with van der Waals surface area (Å²) in [6.07, 6.45) is 1.11. The Balaban J connectivity index is 1.76. The second-order valence-electron chi connectivity index (χ2n) is 4.77. The number of nitrogens with zero attached hydrogens (tertiary/aromatic N) is 2. The average Bonchev–Trinajstić information content (AvgIpc) is 2.37. The van der Waals surface area contributed by atoms with Gasteiger partial charge in [-0.3, -0.25) is 0 Å². The Hall–Kier alpha value is -1.06. The minimum atomic E-state index is 0.873. The number of hydrogen-bond acceptors (Lipinski definition) is 3. The van der Waals surface area contributed by atoms with E-state index in [4.69, 9.17) is 5.73 Å². The minimum Gasteiger partial charge on any atom is -0.399 e. The smallest absolute Gasteiger partial charge is 0.0316 e. The number of benzene rings is 1. The van der Waals surface area contributed by atoms with E-state index in [1.54, 1.807) is 0 Å². The molecule has 1 heterocycles. The van der Waals surface area contributed by atoms with Crippen LogP contribution in [-0.2, 0) is 6.42 Å². The molecule has 0 saturated carbocycles. The Morgan fingerprint density at radius 2 is 1.82 bits per heavy atom. The molecule has 17 heavy (non-hydrogen) atoms. The Morgan fingerprint density at radius 3 is 2.47 bits per heavy atom. The van der Waals surface area contributed by atoms with Gasteiger partial charge in [0, 0.05) is 38.4 Å². The molecule has 3 heteroatoms. The fourth-order valence-corrected chi connectivity index (χ4v) is 2.36. The molecule has 1 saturated heterocycles. The third-order valence-corrected chi connectivity index (χ3v) is 3.58. The second-order valence-corrected chi connectivity index (χ2v) is 4.77. The summed E-state index contributed by atoms with van der Waals surface area (Å²) in [6, 6.07) is 8.24. The van der Waals surface area contributed by atoms with Gasteiger partial charge in [0.15, 0.2) is 0 Å². The summed E-state index contributed by atoms with van der Waals surface area (Å²) in [6.45, 7) is 9.42. The van der Waals surface area contributed by atoms with Gasteiger partial charge in [0.2, 0.25) is 0 Å². The minimum absolute atomic E-state index is 0.873. The van der Waals surface area contributed by atoms with Crippen molar-refractivity contribution in [1.82, 2.24) is 9.80 Å². The van der Waals surface area contributed by atoms with Crippen LogP contribution in [0.1, 0.15) is 12.5 Å². The highest BCUT2D eigenvalue weighted by atomic mass is 15.3.